The van der Waals surface area contributed by atoms with Gasteiger partial charge in [0.25, 0.3) is 11.8 Å². The molecule has 1 saturated heterocycles. The lowest BCUT2D eigenvalue weighted by Crippen LogP contribution is -2.41. The van der Waals surface area contributed by atoms with Gasteiger partial charge in [0.1, 0.15) is 4.32 Å². The molecule has 2 aromatic rings. The molecule has 0 bridgehead atoms. The van der Waals surface area contributed by atoms with Crippen molar-refractivity contribution in [3.8, 4) is 11.5 Å². The molecule has 2 heterocycles. The number of rotatable bonds is 8. The van der Waals surface area contributed by atoms with Crippen molar-refractivity contribution < 1.29 is 23.9 Å². The Morgan fingerprint density at radius 2 is 1.83 bits per heavy atom. The second kappa shape index (κ2) is 11.6. The van der Waals surface area contributed by atoms with Crippen LogP contribution in [0.15, 0.2) is 47.4 Å². The highest BCUT2D eigenvalue weighted by molar-refractivity contribution is 8.26. The number of carbonyl (C=O) groups excluding carboxylic acids is 3. The molecular formula is C24H22ClN3O5S2. The number of hydrogen-bond donors (Lipinski definition) is 2. The lowest BCUT2D eigenvalue weighted by Gasteiger charge is -2.14. The third-order valence-corrected chi connectivity index (χ3v) is 6.91. The highest BCUT2D eigenvalue weighted by atomic mass is 35.5. The van der Waals surface area contributed by atoms with E-state index >= 15 is 0 Å². The number of nitrogens with zero attached hydrogens (tertiary/aromatic N) is 1. The van der Waals surface area contributed by atoms with Gasteiger partial charge in [0.2, 0.25) is 12.7 Å². The van der Waals surface area contributed by atoms with Gasteiger partial charge < -0.3 is 9.47 Å². The minimum absolute atomic E-state index is 0.125. The van der Waals surface area contributed by atoms with E-state index in [1.54, 1.807) is 35.2 Å². The average Bonchev–Trinajstić information content (AvgIpc) is 3.42. The lowest BCUT2D eigenvalue weighted by atomic mass is 10.1. The first-order valence-corrected chi connectivity index (χ1v) is 12.5. The number of hydrazine groups is 1. The molecule has 4 rings (SSSR count). The van der Waals surface area contributed by atoms with Crippen LogP contribution in [0.1, 0.15) is 41.6 Å². The summed E-state index contributed by atoms with van der Waals surface area (Å²) in [5.41, 5.74) is 6.01. The average molecular weight is 532 g/mol. The summed E-state index contributed by atoms with van der Waals surface area (Å²) in [6.07, 6.45) is 4.10. The van der Waals surface area contributed by atoms with Gasteiger partial charge in [-0.15, -0.1) is 0 Å². The van der Waals surface area contributed by atoms with Crippen molar-refractivity contribution >= 4 is 63.7 Å². The molecule has 8 nitrogen and oxygen atoms in total. The number of nitrogens with one attached hydrogen (secondary N) is 2. The molecule has 35 heavy (non-hydrogen) atoms. The number of unbranched alkanes of at least 4 members (excludes halogenated alkanes) is 2. The van der Waals surface area contributed by atoms with Crippen LogP contribution in [0, 0.1) is 0 Å². The van der Waals surface area contributed by atoms with Crippen LogP contribution in [-0.4, -0.2) is 40.3 Å². The van der Waals surface area contributed by atoms with Crippen molar-refractivity contribution in [1.82, 2.24) is 15.8 Å². The number of benzene rings is 2. The normalized spacial score (nSPS) is 15.6. The van der Waals surface area contributed by atoms with E-state index in [1.807, 2.05) is 18.2 Å². The van der Waals surface area contributed by atoms with Crippen molar-refractivity contribution in [2.45, 2.75) is 25.7 Å². The van der Waals surface area contributed by atoms with E-state index in [0.29, 0.717) is 50.7 Å². The first kappa shape index (κ1) is 25.0. The minimum Gasteiger partial charge on any atom is -0.454 e. The van der Waals surface area contributed by atoms with Crippen molar-refractivity contribution in [3.05, 3.63) is 63.5 Å². The molecular weight excluding hydrogens is 510 g/mol. The van der Waals surface area contributed by atoms with Crippen LogP contribution in [0.4, 0.5) is 0 Å². The molecule has 0 aliphatic carbocycles. The molecule has 1 fully saturated rings. The zero-order valence-electron chi connectivity index (χ0n) is 18.5. The van der Waals surface area contributed by atoms with Gasteiger partial charge in [0.05, 0.1) is 4.91 Å². The number of thioether (sulfide) groups is 1. The maximum absolute atomic E-state index is 12.8. The summed E-state index contributed by atoms with van der Waals surface area (Å²) >= 11 is 12.5. The van der Waals surface area contributed by atoms with Gasteiger partial charge in [-0.25, -0.2) is 0 Å². The fourth-order valence-corrected chi connectivity index (χ4v) is 4.88. The second-order valence-electron chi connectivity index (χ2n) is 7.77. The van der Waals surface area contributed by atoms with Gasteiger partial charge in [0, 0.05) is 23.6 Å². The summed E-state index contributed by atoms with van der Waals surface area (Å²) in [6, 6.07) is 11.9. The summed E-state index contributed by atoms with van der Waals surface area (Å²) in [5.74, 6) is 0.512. The van der Waals surface area contributed by atoms with Crippen LogP contribution in [0.3, 0.4) is 0 Å². The first-order valence-electron chi connectivity index (χ1n) is 10.9. The number of ether oxygens (including phenoxy) is 2. The Balaban J connectivity index is 1.16. The summed E-state index contributed by atoms with van der Waals surface area (Å²) in [5, 5.41) is 0.525. The fourth-order valence-electron chi connectivity index (χ4n) is 3.44. The standard InChI is InChI=1S/C24H22ClN3O5S2/c25-17-8-6-16(7-9-17)22(30)27-26-21(29)4-2-1-3-11-28-23(31)20(35-24(28)34)13-15-5-10-18-19(12-15)33-14-32-18/h5-10,12-13H,1-4,11,14H2,(H,26,29)(H,27,30). The van der Waals surface area contributed by atoms with Crippen molar-refractivity contribution in [2.24, 2.45) is 0 Å². The fraction of sp³-hybridized carbons (Fsp3) is 0.250. The van der Waals surface area contributed by atoms with E-state index in [0.717, 1.165) is 12.0 Å². The van der Waals surface area contributed by atoms with Crippen LogP contribution in [-0.2, 0) is 9.59 Å². The van der Waals surface area contributed by atoms with E-state index in [-0.39, 0.29) is 25.0 Å². The van der Waals surface area contributed by atoms with Gasteiger partial charge >= 0.3 is 0 Å². The predicted molar refractivity (Wildman–Crippen MR) is 138 cm³/mol. The number of fused-ring (bicyclic) bond motifs is 1. The zero-order valence-corrected chi connectivity index (χ0v) is 20.9. The van der Waals surface area contributed by atoms with Crippen LogP contribution >= 0.6 is 35.6 Å². The third kappa shape index (κ3) is 6.53. The topological polar surface area (TPSA) is 97.0 Å². The number of halogens is 1. The Hall–Kier alpha value is -3.08. The summed E-state index contributed by atoms with van der Waals surface area (Å²) in [4.78, 5) is 38.9. The van der Waals surface area contributed by atoms with Gasteiger partial charge in [-0.1, -0.05) is 48.1 Å². The van der Waals surface area contributed by atoms with Crippen LogP contribution in [0.5, 0.6) is 11.5 Å². The van der Waals surface area contributed by atoms with Gasteiger partial charge in [-0.3, -0.25) is 30.1 Å². The van der Waals surface area contributed by atoms with Crippen LogP contribution in [0.25, 0.3) is 6.08 Å². The highest BCUT2D eigenvalue weighted by Crippen LogP contribution is 2.36. The van der Waals surface area contributed by atoms with E-state index < -0.39 is 5.91 Å². The number of hydrogen-bond acceptors (Lipinski definition) is 7. The van der Waals surface area contributed by atoms with Crippen LogP contribution < -0.4 is 20.3 Å². The molecule has 0 unspecified atom stereocenters. The predicted octanol–water partition coefficient (Wildman–Crippen LogP) is 4.29. The summed E-state index contributed by atoms with van der Waals surface area (Å²) in [6.45, 7) is 0.679. The van der Waals surface area contributed by atoms with Crippen LogP contribution in [0.2, 0.25) is 5.02 Å². The minimum atomic E-state index is -0.418. The molecule has 2 N–H and O–H groups in total. The van der Waals surface area contributed by atoms with Crippen molar-refractivity contribution in [1.29, 1.82) is 0 Å². The van der Waals surface area contributed by atoms with Crippen molar-refractivity contribution in [2.75, 3.05) is 13.3 Å². The monoisotopic (exact) mass is 531 g/mol. The molecule has 2 aromatic carbocycles. The number of amides is 3. The highest BCUT2D eigenvalue weighted by Gasteiger charge is 2.31. The third-order valence-electron chi connectivity index (χ3n) is 5.28. The van der Waals surface area contributed by atoms with E-state index in [2.05, 4.69) is 10.9 Å². The molecule has 3 amide bonds. The van der Waals surface area contributed by atoms with E-state index in [4.69, 9.17) is 33.3 Å². The summed E-state index contributed by atoms with van der Waals surface area (Å²) < 4.78 is 11.2. The molecule has 2 aliphatic rings. The molecule has 0 aromatic heterocycles. The molecule has 2 aliphatic heterocycles. The second-order valence-corrected chi connectivity index (χ2v) is 9.88. The molecule has 0 spiro atoms. The zero-order chi connectivity index (χ0) is 24.8. The first-order chi connectivity index (χ1) is 16.9. The Morgan fingerprint density at radius 3 is 2.63 bits per heavy atom. The molecule has 0 atom stereocenters. The lowest BCUT2D eigenvalue weighted by molar-refractivity contribution is -0.123. The summed E-state index contributed by atoms with van der Waals surface area (Å²) in [7, 11) is 0. The van der Waals surface area contributed by atoms with Crippen molar-refractivity contribution in [3.63, 3.8) is 0 Å². The van der Waals surface area contributed by atoms with Gasteiger partial charge in [0.15, 0.2) is 11.5 Å². The van der Waals surface area contributed by atoms with E-state index in [1.165, 1.54) is 11.8 Å². The maximum Gasteiger partial charge on any atom is 0.269 e. The Bertz CT molecular complexity index is 1190. The largest absolute Gasteiger partial charge is 0.454 e. The SMILES string of the molecule is O=C(CCCCCN1C(=O)C(=Cc2ccc3c(c2)OCO3)SC1=S)NNC(=O)c1ccc(Cl)cc1. The smallest absolute Gasteiger partial charge is 0.269 e. The Labute approximate surface area is 216 Å². The quantitative estimate of drug-likeness (QED) is 0.227. The Kier molecular flexibility index (Phi) is 8.27. The van der Waals surface area contributed by atoms with E-state index in [9.17, 15) is 14.4 Å². The Morgan fingerprint density at radius 1 is 1.06 bits per heavy atom. The van der Waals surface area contributed by atoms with Gasteiger partial charge in [-0.05, 0) is 60.9 Å². The number of carbonyl (C=O) groups is 3. The molecule has 182 valence electrons. The van der Waals surface area contributed by atoms with Gasteiger partial charge in [-0.2, -0.15) is 0 Å². The maximum atomic E-state index is 12.8. The number of thiocarbonyl (C=S) groups is 1. The molecule has 11 heteroatoms. The molecule has 0 radical (unpaired) electrons. The molecule has 0 saturated carbocycles.